The first-order valence-corrected chi connectivity index (χ1v) is 8.34. The Labute approximate surface area is 166 Å². The summed E-state index contributed by atoms with van der Waals surface area (Å²) in [6.07, 6.45) is -3.81. The molecule has 11 heteroatoms. The van der Waals surface area contributed by atoms with E-state index in [1.807, 2.05) is 0 Å². The molecule has 0 aliphatic rings. The van der Waals surface area contributed by atoms with E-state index in [4.69, 9.17) is 27.9 Å². The van der Waals surface area contributed by atoms with Crippen molar-refractivity contribution in [2.75, 3.05) is 12.4 Å². The molecule has 0 aromatic heterocycles. The van der Waals surface area contributed by atoms with Crippen molar-refractivity contribution in [2.45, 2.75) is 10.9 Å². The van der Waals surface area contributed by atoms with E-state index in [9.17, 15) is 22.4 Å². The summed E-state index contributed by atoms with van der Waals surface area (Å²) in [6.45, 7) is 0. The van der Waals surface area contributed by atoms with E-state index in [2.05, 4.69) is 15.0 Å². The number of alkyl halides is 4. The van der Waals surface area contributed by atoms with E-state index in [0.717, 1.165) is 37.4 Å². The molecule has 5 nitrogen and oxygen atoms in total. The van der Waals surface area contributed by atoms with Gasteiger partial charge in [0.25, 0.3) is 0 Å². The zero-order chi connectivity index (χ0) is 20.9. The molecule has 2 aromatic carbocycles. The average molecular weight is 439 g/mol. The number of methoxy groups -OCH3 is 1. The van der Waals surface area contributed by atoms with Gasteiger partial charge in [-0.05, 0) is 36.4 Å². The molecule has 2 rings (SSSR count). The van der Waals surface area contributed by atoms with Gasteiger partial charge in [0.15, 0.2) is 0 Å². The van der Waals surface area contributed by atoms with Crippen LogP contribution in [-0.4, -0.2) is 30.0 Å². The van der Waals surface area contributed by atoms with Gasteiger partial charge in [-0.1, -0.05) is 29.3 Å². The van der Waals surface area contributed by atoms with Gasteiger partial charge in [0.2, 0.25) is 10.7 Å². The second-order valence-corrected chi connectivity index (χ2v) is 6.23. The number of ether oxygens (including phenoxy) is 2. The fraction of sp³-hybridized carbons (Fsp3) is 0.176. The number of urea groups is 1. The zero-order valence-corrected chi connectivity index (χ0v) is 15.6. The molecule has 0 saturated heterocycles. The highest BCUT2D eigenvalue weighted by molar-refractivity contribution is 6.44. The van der Waals surface area contributed by atoms with E-state index >= 15 is 0 Å². The van der Waals surface area contributed by atoms with Gasteiger partial charge >= 0.3 is 12.1 Å². The molecule has 0 radical (unpaired) electrons. The minimum atomic E-state index is -3.81. The molecule has 2 amide bonds. The molecule has 0 heterocycles. The summed E-state index contributed by atoms with van der Waals surface area (Å²) in [5.41, 5.74) is -0.468. The maximum atomic E-state index is 13.8. The van der Waals surface area contributed by atoms with Crippen molar-refractivity contribution in [3.8, 4) is 5.75 Å². The van der Waals surface area contributed by atoms with Crippen LogP contribution in [0.3, 0.4) is 0 Å². The van der Waals surface area contributed by atoms with Crippen LogP contribution < -0.4 is 10.1 Å². The number of anilines is 1. The Kier molecular flexibility index (Phi) is 7.09. The summed E-state index contributed by atoms with van der Waals surface area (Å²) in [4.78, 5) is 13.4. The minimum absolute atomic E-state index is 0.141. The van der Waals surface area contributed by atoms with Crippen molar-refractivity contribution < 1.29 is 31.8 Å². The average Bonchev–Trinajstić information content (AvgIpc) is 2.62. The Morgan fingerprint density at radius 3 is 2.18 bits per heavy atom. The number of benzene rings is 2. The maximum absolute atomic E-state index is 13.8. The predicted octanol–water partition coefficient (Wildman–Crippen LogP) is 5.37. The smallest absolute Gasteiger partial charge is 0.428 e. The topological polar surface area (TPSA) is 59.9 Å². The van der Waals surface area contributed by atoms with Gasteiger partial charge in [-0.25, -0.2) is 13.6 Å². The third-order valence-corrected chi connectivity index (χ3v) is 3.69. The molecule has 0 unspecified atom stereocenters. The first-order chi connectivity index (χ1) is 13.1. The van der Waals surface area contributed by atoms with Crippen LogP contribution in [0.5, 0.6) is 5.75 Å². The summed E-state index contributed by atoms with van der Waals surface area (Å²) in [7, 11) is 1.09. The highest BCUT2D eigenvalue weighted by Crippen LogP contribution is 2.30. The zero-order valence-electron chi connectivity index (χ0n) is 14.1. The van der Waals surface area contributed by atoms with Crippen LogP contribution >= 0.6 is 23.2 Å². The molecule has 0 aliphatic carbocycles. The Morgan fingerprint density at radius 1 is 1.11 bits per heavy atom. The number of hydrogen-bond donors (Lipinski definition) is 1. The Hall–Kier alpha value is -2.52. The SMILES string of the molecule is COC(=NC(=O)Nc1ccc(OC(F)(F)C(Cl)Cl)cc1)c1c(F)cccc1F. The lowest BCUT2D eigenvalue weighted by atomic mass is 10.2. The number of nitrogens with zero attached hydrogens (tertiary/aromatic N) is 1. The number of carbonyl (C=O) groups is 1. The fourth-order valence-corrected chi connectivity index (χ4v) is 2.05. The van der Waals surface area contributed by atoms with Gasteiger partial charge in [-0.3, -0.25) is 0 Å². The van der Waals surface area contributed by atoms with Crippen LogP contribution in [-0.2, 0) is 4.74 Å². The van der Waals surface area contributed by atoms with Crippen molar-refractivity contribution >= 4 is 40.8 Å². The lowest BCUT2D eigenvalue weighted by Crippen LogP contribution is -2.32. The highest BCUT2D eigenvalue weighted by atomic mass is 35.5. The van der Waals surface area contributed by atoms with Gasteiger partial charge in [-0.15, -0.1) is 0 Å². The Morgan fingerprint density at radius 2 is 1.68 bits per heavy atom. The van der Waals surface area contributed by atoms with Crippen LogP contribution in [0.1, 0.15) is 5.56 Å². The summed E-state index contributed by atoms with van der Waals surface area (Å²) >= 11 is 10.2. The van der Waals surface area contributed by atoms with Crippen LogP contribution in [0.4, 0.5) is 28.0 Å². The molecule has 150 valence electrons. The van der Waals surface area contributed by atoms with Crippen molar-refractivity contribution in [2.24, 2.45) is 4.99 Å². The molecule has 28 heavy (non-hydrogen) atoms. The quantitative estimate of drug-likeness (QED) is 0.295. The number of nitrogens with one attached hydrogen (secondary N) is 1. The second kappa shape index (κ2) is 9.11. The van der Waals surface area contributed by atoms with Crippen molar-refractivity contribution in [3.05, 3.63) is 59.7 Å². The molecule has 2 aromatic rings. The van der Waals surface area contributed by atoms with Crippen molar-refractivity contribution in [3.63, 3.8) is 0 Å². The Bertz CT molecular complexity index is 857. The first kappa shape index (κ1) is 21.8. The highest BCUT2D eigenvalue weighted by Gasteiger charge is 2.40. The summed E-state index contributed by atoms with van der Waals surface area (Å²) < 4.78 is 63.3. The van der Waals surface area contributed by atoms with Gasteiger partial charge in [0.1, 0.15) is 22.9 Å². The van der Waals surface area contributed by atoms with E-state index in [0.29, 0.717) is 0 Å². The molecule has 1 N–H and O–H groups in total. The van der Waals surface area contributed by atoms with Crippen LogP contribution in [0.2, 0.25) is 0 Å². The normalized spacial score (nSPS) is 12.1. The minimum Gasteiger partial charge on any atom is -0.480 e. The van der Waals surface area contributed by atoms with Crippen molar-refractivity contribution in [1.82, 2.24) is 0 Å². The molecule has 0 bridgehead atoms. The number of aliphatic imine (C=N–C) groups is 1. The Balaban J connectivity index is 2.13. The molecule has 0 spiro atoms. The maximum Gasteiger partial charge on any atom is 0.428 e. The molecular weight excluding hydrogens is 427 g/mol. The van der Waals surface area contributed by atoms with Gasteiger partial charge in [-0.2, -0.15) is 13.8 Å². The molecule has 0 aliphatic heterocycles. The summed E-state index contributed by atoms with van der Waals surface area (Å²) in [5.74, 6) is -2.77. The number of rotatable bonds is 5. The lowest BCUT2D eigenvalue weighted by Gasteiger charge is -2.18. The van der Waals surface area contributed by atoms with E-state index in [-0.39, 0.29) is 11.4 Å². The van der Waals surface area contributed by atoms with Gasteiger partial charge in [0.05, 0.1) is 7.11 Å². The van der Waals surface area contributed by atoms with Crippen LogP contribution in [0.15, 0.2) is 47.5 Å². The lowest BCUT2D eigenvalue weighted by molar-refractivity contribution is -0.163. The van der Waals surface area contributed by atoms with Gasteiger partial charge in [0, 0.05) is 5.69 Å². The van der Waals surface area contributed by atoms with Crippen LogP contribution in [0.25, 0.3) is 0 Å². The van der Waals surface area contributed by atoms with Crippen molar-refractivity contribution in [1.29, 1.82) is 0 Å². The standard InChI is InChI=1S/C17H12Cl2F4N2O3/c1-27-14(13-11(20)3-2-4-12(13)21)25-16(26)24-9-5-7-10(8-6-9)28-17(22,23)15(18)19/h2-8,15H,1H3,(H,24,26). The monoisotopic (exact) mass is 438 g/mol. The summed E-state index contributed by atoms with van der Waals surface area (Å²) in [6, 6.07) is 6.79. The number of halogens is 6. The molecule has 0 atom stereocenters. The second-order valence-electron chi connectivity index (χ2n) is 5.14. The van der Waals surface area contributed by atoms with Crippen LogP contribution in [0, 0.1) is 11.6 Å². The molecule has 0 fully saturated rings. The summed E-state index contributed by atoms with van der Waals surface area (Å²) in [5, 5.41) is 2.28. The number of carbonyl (C=O) groups excluding carboxylic acids is 1. The molecular formula is C17H12Cl2F4N2O3. The first-order valence-electron chi connectivity index (χ1n) is 7.47. The third kappa shape index (κ3) is 5.49. The third-order valence-electron chi connectivity index (χ3n) is 3.19. The number of amides is 2. The van der Waals surface area contributed by atoms with E-state index in [1.165, 1.54) is 12.1 Å². The number of hydrogen-bond acceptors (Lipinski definition) is 3. The van der Waals surface area contributed by atoms with Gasteiger partial charge < -0.3 is 14.8 Å². The fourth-order valence-electron chi connectivity index (χ4n) is 1.96. The molecule has 0 saturated carbocycles. The van der Waals surface area contributed by atoms with E-state index < -0.39 is 40.1 Å². The predicted molar refractivity (Wildman–Crippen MR) is 96.4 cm³/mol. The van der Waals surface area contributed by atoms with E-state index in [1.54, 1.807) is 0 Å². The largest absolute Gasteiger partial charge is 0.480 e.